The average Bonchev–Trinajstić information content (AvgIpc) is 2.39. The standard InChI is InChI=1S/C13H18FN3O/c1-3-11-12(14)13(16-8-15-11)17(2)9-4-6-10(18)7-5-9/h8-9H,3-7H2,1-2H3. The van der Waals surface area contributed by atoms with Gasteiger partial charge in [0, 0.05) is 25.9 Å². The van der Waals surface area contributed by atoms with E-state index in [1.165, 1.54) is 6.33 Å². The van der Waals surface area contributed by atoms with E-state index in [1.54, 1.807) is 0 Å². The highest BCUT2D eigenvalue weighted by molar-refractivity contribution is 5.79. The lowest BCUT2D eigenvalue weighted by molar-refractivity contribution is -0.120. The van der Waals surface area contributed by atoms with Gasteiger partial charge in [-0.25, -0.2) is 14.4 Å². The Balaban J connectivity index is 2.18. The van der Waals surface area contributed by atoms with Crippen LogP contribution in [-0.4, -0.2) is 28.8 Å². The van der Waals surface area contributed by atoms with Gasteiger partial charge in [0.1, 0.15) is 12.1 Å². The number of halogens is 1. The number of nitrogens with zero attached hydrogens (tertiary/aromatic N) is 3. The zero-order chi connectivity index (χ0) is 13.1. The highest BCUT2D eigenvalue weighted by Gasteiger charge is 2.25. The molecular formula is C13H18FN3O. The van der Waals surface area contributed by atoms with Crippen molar-refractivity contribution < 1.29 is 9.18 Å². The molecule has 2 rings (SSSR count). The van der Waals surface area contributed by atoms with Crippen LogP contribution in [0.1, 0.15) is 38.3 Å². The zero-order valence-corrected chi connectivity index (χ0v) is 10.8. The number of ketones is 1. The van der Waals surface area contributed by atoms with E-state index in [9.17, 15) is 9.18 Å². The quantitative estimate of drug-likeness (QED) is 0.825. The van der Waals surface area contributed by atoms with Gasteiger partial charge in [-0.15, -0.1) is 0 Å². The summed E-state index contributed by atoms with van der Waals surface area (Å²) in [6.07, 6.45) is 4.69. The highest BCUT2D eigenvalue weighted by atomic mass is 19.1. The molecule has 5 heteroatoms. The average molecular weight is 251 g/mol. The fourth-order valence-corrected chi connectivity index (χ4v) is 2.37. The molecule has 18 heavy (non-hydrogen) atoms. The molecule has 1 saturated carbocycles. The van der Waals surface area contributed by atoms with Crippen LogP contribution in [0.5, 0.6) is 0 Å². The topological polar surface area (TPSA) is 46.1 Å². The zero-order valence-electron chi connectivity index (χ0n) is 10.8. The van der Waals surface area contributed by atoms with Gasteiger partial charge in [0.25, 0.3) is 0 Å². The molecule has 0 radical (unpaired) electrons. The second-order valence-electron chi connectivity index (χ2n) is 4.69. The first kappa shape index (κ1) is 12.9. The summed E-state index contributed by atoms with van der Waals surface area (Å²) in [4.78, 5) is 21.0. The molecule has 0 saturated heterocycles. The summed E-state index contributed by atoms with van der Waals surface area (Å²) in [5, 5.41) is 0. The van der Waals surface area contributed by atoms with Gasteiger partial charge in [-0.3, -0.25) is 4.79 Å². The predicted molar refractivity (Wildman–Crippen MR) is 67.0 cm³/mol. The molecule has 1 aliphatic carbocycles. The van der Waals surface area contributed by atoms with E-state index in [4.69, 9.17) is 0 Å². The molecule has 0 N–H and O–H groups in total. The maximum absolute atomic E-state index is 14.1. The third-order valence-electron chi connectivity index (χ3n) is 3.57. The maximum Gasteiger partial charge on any atom is 0.187 e. The molecule has 0 aliphatic heterocycles. The summed E-state index contributed by atoms with van der Waals surface area (Å²) in [7, 11) is 1.84. The SMILES string of the molecule is CCc1ncnc(N(C)C2CCC(=O)CC2)c1F. The molecule has 0 unspecified atom stereocenters. The molecular weight excluding hydrogens is 233 g/mol. The van der Waals surface area contributed by atoms with E-state index in [0.717, 1.165) is 12.8 Å². The molecule has 0 bridgehead atoms. The van der Waals surface area contributed by atoms with E-state index in [-0.39, 0.29) is 11.9 Å². The number of anilines is 1. The van der Waals surface area contributed by atoms with Crippen molar-refractivity contribution in [2.75, 3.05) is 11.9 Å². The van der Waals surface area contributed by atoms with Crippen LogP contribution in [0, 0.1) is 5.82 Å². The summed E-state index contributed by atoms with van der Waals surface area (Å²) in [5.41, 5.74) is 0.443. The van der Waals surface area contributed by atoms with Gasteiger partial charge in [-0.05, 0) is 19.3 Å². The van der Waals surface area contributed by atoms with Crippen molar-refractivity contribution in [3.05, 3.63) is 17.8 Å². The molecule has 0 amide bonds. The van der Waals surface area contributed by atoms with Gasteiger partial charge in [0.15, 0.2) is 11.6 Å². The predicted octanol–water partition coefficient (Wildman–Crippen LogP) is 2.13. The van der Waals surface area contributed by atoms with Crippen LogP contribution in [0.2, 0.25) is 0 Å². The largest absolute Gasteiger partial charge is 0.354 e. The van der Waals surface area contributed by atoms with E-state index >= 15 is 0 Å². The van der Waals surface area contributed by atoms with Crippen molar-refractivity contribution in [1.29, 1.82) is 0 Å². The van der Waals surface area contributed by atoms with Gasteiger partial charge >= 0.3 is 0 Å². The maximum atomic E-state index is 14.1. The van der Waals surface area contributed by atoms with Crippen molar-refractivity contribution in [2.24, 2.45) is 0 Å². The number of hydrogen-bond donors (Lipinski definition) is 0. The van der Waals surface area contributed by atoms with Gasteiger partial charge < -0.3 is 4.90 Å². The number of carbonyl (C=O) groups is 1. The molecule has 98 valence electrons. The molecule has 1 heterocycles. The summed E-state index contributed by atoms with van der Waals surface area (Å²) in [6.45, 7) is 1.87. The van der Waals surface area contributed by atoms with E-state index < -0.39 is 0 Å². The first-order valence-electron chi connectivity index (χ1n) is 6.37. The van der Waals surface area contributed by atoms with Gasteiger partial charge in [0.05, 0.1) is 5.69 Å². The van der Waals surface area contributed by atoms with Crippen LogP contribution in [0.15, 0.2) is 6.33 Å². The van der Waals surface area contributed by atoms with E-state index in [2.05, 4.69) is 9.97 Å². The van der Waals surface area contributed by atoms with Gasteiger partial charge in [-0.1, -0.05) is 6.92 Å². The number of aromatic nitrogens is 2. The molecule has 0 spiro atoms. The molecule has 1 aliphatic rings. The Kier molecular flexibility index (Phi) is 3.89. The van der Waals surface area contributed by atoms with Crippen molar-refractivity contribution in [3.63, 3.8) is 0 Å². The number of aryl methyl sites for hydroxylation is 1. The number of carbonyl (C=O) groups excluding carboxylic acids is 1. The Bertz CT molecular complexity index is 440. The van der Waals surface area contributed by atoms with Crippen molar-refractivity contribution in [3.8, 4) is 0 Å². The Hall–Kier alpha value is -1.52. The second-order valence-corrected chi connectivity index (χ2v) is 4.69. The lowest BCUT2D eigenvalue weighted by Crippen LogP contribution is -2.36. The summed E-state index contributed by atoms with van der Waals surface area (Å²) in [6, 6.07) is 0.191. The van der Waals surface area contributed by atoms with Crippen LogP contribution in [0.4, 0.5) is 10.2 Å². The number of Topliss-reactive ketones (excluding diaryl/α,β-unsaturated/α-hetero) is 1. The van der Waals surface area contributed by atoms with Crippen LogP contribution in [0.25, 0.3) is 0 Å². The lowest BCUT2D eigenvalue weighted by Gasteiger charge is -2.31. The Morgan fingerprint density at radius 1 is 1.39 bits per heavy atom. The first-order chi connectivity index (χ1) is 8.63. The minimum absolute atomic E-state index is 0.191. The van der Waals surface area contributed by atoms with Crippen LogP contribution >= 0.6 is 0 Å². The third kappa shape index (κ3) is 2.49. The molecule has 4 nitrogen and oxygen atoms in total. The Morgan fingerprint density at radius 3 is 2.67 bits per heavy atom. The first-order valence-corrected chi connectivity index (χ1v) is 6.37. The molecule has 1 fully saturated rings. The fraction of sp³-hybridized carbons (Fsp3) is 0.615. The Morgan fingerprint density at radius 2 is 2.06 bits per heavy atom. The molecule has 0 atom stereocenters. The van der Waals surface area contributed by atoms with Crippen LogP contribution in [-0.2, 0) is 11.2 Å². The van der Waals surface area contributed by atoms with Gasteiger partial charge in [0.2, 0.25) is 0 Å². The summed E-state index contributed by atoms with van der Waals surface area (Å²) >= 11 is 0. The van der Waals surface area contributed by atoms with Crippen molar-refractivity contribution >= 4 is 11.6 Å². The lowest BCUT2D eigenvalue weighted by atomic mass is 9.93. The summed E-state index contributed by atoms with van der Waals surface area (Å²) < 4.78 is 14.1. The second kappa shape index (κ2) is 5.42. The minimum Gasteiger partial charge on any atom is -0.354 e. The highest BCUT2D eigenvalue weighted by Crippen LogP contribution is 2.25. The smallest absolute Gasteiger partial charge is 0.187 e. The van der Waals surface area contributed by atoms with E-state index in [1.807, 2.05) is 18.9 Å². The summed E-state index contributed by atoms with van der Waals surface area (Å²) in [5.74, 6) is 0.317. The number of hydrogen-bond acceptors (Lipinski definition) is 4. The molecule has 0 aromatic carbocycles. The normalized spacial score (nSPS) is 16.9. The number of rotatable bonds is 3. The molecule has 1 aromatic heterocycles. The molecule has 1 aromatic rings. The van der Waals surface area contributed by atoms with Crippen LogP contribution in [0.3, 0.4) is 0 Å². The van der Waals surface area contributed by atoms with Gasteiger partial charge in [-0.2, -0.15) is 0 Å². The van der Waals surface area contributed by atoms with Crippen LogP contribution < -0.4 is 4.90 Å². The van der Waals surface area contributed by atoms with Crippen molar-refractivity contribution in [2.45, 2.75) is 45.1 Å². The minimum atomic E-state index is -0.334. The van der Waals surface area contributed by atoms with E-state index in [0.29, 0.717) is 36.6 Å². The monoisotopic (exact) mass is 251 g/mol. The third-order valence-corrected chi connectivity index (χ3v) is 3.57. The Labute approximate surface area is 106 Å². The van der Waals surface area contributed by atoms with Crippen molar-refractivity contribution in [1.82, 2.24) is 9.97 Å². The fourth-order valence-electron chi connectivity index (χ4n) is 2.37.